The van der Waals surface area contributed by atoms with Crippen LogP contribution in [0, 0.1) is 5.41 Å². The number of nitrogens with zero attached hydrogens (tertiary/aromatic N) is 1. The molecule has 0 spiro atoms. The van der Waals surface area contributed by atoms with Crippen molar-refractivity contribution >= 4 is 11.6 Å². The summed E-state index contributed by atoms with van der Waals surface area (Å²) in [4.78, 5) is 18.4. The van der Waals surface area contributed by atoms with E-state index in [2.05, 4.69) is 0 Å². The van der Waals surface area contributed by atoms with Crippen LogP contribution in [0.2, 0.25) is 0 Å². The largest absolute Gasteiger partial charge is 0.271 e. The zero-order valence-corrected chi connectivity index (χ0v) is 12.8. The maximum Gasteiger partial charge on any atom is 0.260 e. The topological polar surface area (TPSA) is 29.5 Å². The predicted octanol–water partition coefficient (Wildman–Crippen LogP) is 4.03. The van der Waals surface area contributed by atoms with E-state index in [0.717, 1.165) is 16.8 Å². The van der Waals surface area contributed by atoms with Gasteiger partial charge in [0, 0.05) is 5.56 Å². The summed E-state index contributed by atoms with van der Waals surface area (Å²) in [5, 5.41) is 1.43. The van der Waals surface area contributed by atoms with E-state index in [1.165, 1.54) is 5.06 Å². The Morgan fingerprint density at radius 1 is 0.955 bits per heavy atom. The molecule has 1 aliphatic heterocycles. The van der Waals surface area contributed by atoms with Crippen molar-refractivity contribution in [3.8, 4) is 0 Å². The minimum absolute atomic E-state index is 0.0396. The van der Waals surface area contributed by atoms with Gasteiger partial charge in [0.05, 0.1) is 11.1 Å². The van der Waals surface area contributed by atoms with Crippen LogP contribution < -0.4 is 0 Å². The molecule has 0 aliphatic carbocycles. The van der Waals surface area contributed by atoms with Crippen molar-refractivity contribution in [1.82, 2.24) is 5.06 Å². The molecule has 0 aromatic heterocycles. The minimum Gasteiger partial charge on any atom is -0.271 e. The molecule has 0 atom stereocenters. The number of amides is 1. The first-order valence-electron chi connectivity index (χ1n) is 7.37. The molecule has 0 saturated heterocycles. The molecule has 0 radical (unpaired) electrons. The second-order valence-electron chi connectivity index (χ2n) is 5.98. The molecule has 3 nitrogen and oxygen atoms in total. The summed E-state index contributed by atoms with van der Waals surface area (Å²) in [7, 11) is 0. The van der Waals surface area contributed by atoms with E-state index < -0.39 is 5.41 Å². The Labute approximate surface area is 130 Å². The van der Waals surface area contributed by atoms with Crippen molar-refractivity contribution in [2.75, 3.05) is 0 Å². The van der Waals surface area contributed by atoms with E-state index in [-0.39, 0.29) is 5.91 Å². The third-order valence-electron chi connectivity index (χ3n) is 3.72. The highest BCUT2D eigenvalue weighted by Gasteiger charge is 2.40. The van der Waals surface area contributed by atoms with Crippen LogP contribution in [0.3, 0.4) is 0 Å². The van der Waals surface area contributed by atoms with Crippen molar-refractivity contribution in [1.29, 1.82) is 0 Å². The number of rotatable bonds is 4. The first kappa shape index (κ1) is 14.5. The number of hydroxylamine groups is 2. The summed E-state index contributed by atoms with van der Waals surface area (Å²) < 4.78 is 0. The molecule has 1 amide bonds. The summed E-state index contributed by atoms with van der Waals surface area (Å²) in [6.07, 6.45) is 1.97. The number of carbonyl (C=O) groups is 1. The molecule has 3 rings (SSSR count). The number of benzene rings is 2. The average Bonchev–Trinajstić information content (AvgIpc) is 2.78. The van der Waals surface area contributed by atoms with Crippen molar-refractivity contribution in [2.45, 2.75) is 20.5 Å². The van der Waals surface area contributed by atoms with Gasteiger partial charge in [0.25, 0.3) is 5.91 Å². The summed E-state index contributed by atoms with van der Waals surface area (Å²) in [5.74, 6) is -0.0396. The number of hydrogen-bond donors (Lipinski definition) is 0. The summed E-state index contributed by atoms with van der Waals surface area (Å²) in [6.45, 7) is 4.18. The van der Waals surface area contributed by atoms with E-state index >= 15 is 0 Å². The number of carbonyl (C=O) groups excluding carboxylic acids is 1. The summed E-state index contributed by atoms with van der Waals surface area (Å²) >= 11 is 0. The second-order valence-corrected chi connectivity index (χ2v) is 5.98. The average molecular weight is 293 g/mol. The Hall–Kier alpha value is -2.39. The molecular formula is C19H19NO2. The van der Waals surface area contributed by atoms with Gasteiger partial charge in [0.2, 0.25) is 0 Å². The SMILES string of the molecule is CC1(C)C=C(c2ccccc2)N(OCc2ccccc2)C1=O. The maximum absolute atomic E-state index is 12.6. The van der Waals surface area contributed by atoms with Crippen LogP contribution >= 0.6 is 0 Å². The lowest BCUT2D eigenvalue weighted by atomic mass is 9.94. The molecule has 2 aromatic rings. The Kier molecular flexibility index (Phi) is 3.82. The lowest BCUT2D eigenvalue weighted by molar-refractivity contribution is -0.173. The van der Waals surface area contributed by atoms with E-state index in [1.807, 2.05) is 80.6 Å². The molecule has 3 heteroatoms. The van der Waals surface area contributed by atoms with E-state index in [1.54, 1.807) is 0 Å². The lowest BCUT2D eigenvalue weighted by Crippen LogP contribution is -2.32. The lowest BCUT2D eigenvalue weighted by Gasteiger charge is -2.22. The first-order valence-corrected chi connectivity index (χ1v) is 7.37. The van der Waals surface area contributed by atoms with Gasteiger partial charge in [-0.15, -0.1) is 0 Å². The van der Waals surface area contributed by atoms with Crippen LogP contribution in [0.25, 0.3) is 5.70 Å². The predicted molar refractivity (Wildman–Crippen MR) is 86.3 cm³/mol. The normalized spacial score (nSPS) is 16.7. The summed E-state index contributed by atoms with van der Waals surface area (Å²) in [5.41, 5.74) is 2.27. The van der Waals surface area contributed by atoms with Gasteiger partial charge in [0.1, 0.15) is 6.61 Å². The van der Waals surface area contributed by atoms with Gasteiger partial charge in [-0.05, 0) is 25.5 Å². The Morgan fingerprint density at radius 2 is 1.55 bits per heavy atom. The van der Waals surface area contributed by atoms with Crippen LogP contribution in [-0.2, 0) is 16.2 Å². The Balaban J connectivity index is 1.85. The molecule has 1 aliphatic rings. The van der Waals surface area contributed by atoms with Gasteiger partial charge in [-0.25, -0.2) is 0 Å². The van der Waals surface area contributed by atoms with Crippen LogP contribution in [0.15, 0.2) is 66.7 Å². The summed E-state index contributed by atoms with van der Waals surface area (Å²) in [6, 6.07) is 19.7. The van der Waals surface area contributed by atoms with Crippen molar-refractivity contribution in [2.24, 2.45) is 5.41 Å². The standard InChI is InChI=1S/C19H19NO2/c1-19(2)13-17(16-11-7-4-8-12-16)20(18(19)21)22-14-15-9-5-3-6-10-15/h3-13H,14H2,1-2H3. The van der Waals surface area contributed by atoms with Crippen molar-refractivity contribution in [3.05, 3.63) is 77.9 Å². The van der Waals surface area contributed by atoms with Crippen molar-refractivity contribution in [3.63, 3.8) is 0 Å². The highest BCUT2D eigenvalue weighted by molar-refractivity contribution is 5.96. The molecule has 0 saturated carbocycles. The third-order valence-corrected chi connectivity index (χ3v) is 3.72. The molecule has 112 valence electrons. The molecule has 0 N–H and O–H groups in total. The highest BCUT2D eigenvalue weighted by atomic mass is 16.7. The van der Waals surface area contributed by atoms with E-state index in [0.29, 0.717) is 6.61 Å². The van der Waals surface area contributed by atoms with Gasteiger partial charge in [0.15, 0.2) is 0 Å². The van der Waals surface area contributed by atoms with Gasteiger partial charge < -0.3 is 0 Å². The number of hydrogen-bond acceptors (Lipinski definition) is 2. The van der Waals surface area contributed by atoms with Gasteiger partial charge in [-0.1, -0.05) is 60.7 Å². The van der Waals surface area contributed by atoms with Gasteiger partial charge in [-0.3, -0.25) is 9.63 Å². The minimum atomic E-state index is -0.554. The fourth-order valence-electron chi connectivity index (χ4n) is 2.48. The zero-order chi connectivity index (χ0) is 15.6. The Bertz CT molecular complexity index is 690. The van der Waals surface area contributed by atoms with Gasteiger partial charge in [-0.2, -0.15) is 5.06 Å². The van der Waals surface area contributed by atoms with Crippen molar-refractivity contribution < 1.29 is 9.63 Å². The van der Waals surface area contributed by atoms with E-state index in [9.17, 15) is 4.79 Å². The maximum atomic E-state index is 12.6. The molecule has 2 aromatic carbocycles. The smallest absolute Gasteiger partial charge is 0.260 e. The zero-order valence-electron chi connectivity index (χ0n) is 12.8. The first-order chi connectivity index (χ1) is 10.6. The fourth-order valence-corrected chi connectivity index (χ4v) is 2.48. The Morgan fingerprint density at radius 3 is 2.18 bits per heavy atom. The van der Waals surface area contributed by atoms with Crippen LogP contribution in [0.4, 0.5) is 0 Å². The van der Waals surface area contributed by atoms with Crippen LogP contribution in [0.1, 0.15) is 25.0 Å². The molecular weight excluding hydrogens is 274 g/mol. The van der Waals surface area contributed by atoms with Gasteiger partial charge >= 0.3 is 0 Å². The second kappa shape index (κ2) is 5.78. The fraction of sp³-hybridized carbons (Fsp3) is 0.211. The molecule has 0 fully saturated rings. The molecule has 0 unspecified atom stereocenters. The highest BCUT2D eigenvalue weighted by Crippen LogP contribution is 2.37. The van der Waals surface area contributed by atoms with Crippen LogP contribution in [-0.4, -0.2) is 11.0 Å². The molecule has 1 heterocycles. The third kappa shape index (κ3) is 2.81. The van der Waals surface area contributed by atoms with E-state index in [4.69, 9.17) is 4.84 Å². The monoisotopic (exact) mass is 293 g/mol. The quantitative estimate of drug-likeness (QED) is 0.852. The molecule has 22 heavy (non-hydrogen) atoms. The van der Waals surface area contributed by atoms with Crippen LogP contribution in [0.5, 0.6) is 0 Å². The molecule has 0 bridgehead atoms.